The Balaban J connectivity index is 2.21. The molecule has 0 saturated heterocycles. The number of benzene rings is 2. The largest absolute Gasteiger partial charge is 0.484 e. The van der Waals surface area contributed by atoms with E-state index in [9.17, 15) is 14.0 Å². The van der Waals surface area contributed by atoms with Gasteiger partial charge in [0.1, 0.15) is 17.6 Å². The van der Waals surface area contributed by atoms with Gasteiger partial charge in [-0.15, -0.1) is 0 Å². The van der Waals surface area contributed by atoms with Gasteiger partial charge in [0.15, 0.2) is 6.61 Å². The van der Waals surface area contributed by atoms with E-state index < -0.39 is 23.3 Å². The predicted molar refractivity (Wildman–Crippen MR) is 116 cm³/mol. The third kappa shape index (κ3) is 7.18. The van der Waals surface area contributed by atoms with Crippen molar-refractivity contribution >= 4 is 35.0 Å². The summed E-state index contributed by atoms with van der Waals surface area (Å²) in [5.41, 5.74) is 0.189. The number of halogens is 3. The molecule has 1 atom stereocenters. The highest BCUT2D eigenvalue weighted by Gasteiger charge is 2.29. The second-order valence-electron chi connectivity index (χ2n) is 7.92. The lowest BCUT2D eigenvalue weighted by molar-refractivity contribution is -0.142. The standard InChI is InChI=1S/C22H25Cl2FN2O3/c1-14(21(29)26-22(2,3)4)27(12-15-5-6-16(23)11-19(15)24)20(28)13-30-18-9-7-17(25)8-10-18/h5-11,14H,12-13H2,1-4H3,(H,26,29). The van der Waals surface area contributed by atoms with Gasteiger partial charge in [-0.05, 0) is 69.7 Å². The first-order chi connectivity index (χ1) is 14.0. The molecule has 2 amide bonds. The first-order valence-corrected chi connectivity index (χ1v) is 10.2. The number of carbonyl (C=O) groups is 2. The number of rotatable bonds is 7. The SMILES string of the molecule is CC(C(=O)NC(C)(C)C)N(Cc1ccc(Cl)cc1Cl)C(=O)COc1ccc(F)cc1. The Bertz CT molecular complexity index is 898. The van der Waals surface area contributed by atoms with Crippen molar-refractivity contribution in [1.82, 2.24) is 10.2 Å². The lowest BCUT2D eigenvalue weighted by atomic mass is 10.1. The van der Waals surface area contributed by atoms with E-state index in [4.69, 9.17) is 27.9 Å². The minimum Gasteiger partial charge on any atom is -0.484 e. The Kier molecular flexibility index (Phi) is 8.10. The molecule has 2 aromatic carbocycles. The highest BCUT2D eigenvalue weighted by molar-refractivity contribution is 6.35. The molecular formula is C22H25Cl2FN2O3. The van der Waals surface area contributed by atoms with Crippen LogP contribution in [0.1, 0.15) is 33.3 Å². The number of carbonyl (C=O) groups excluding carboxylic acids is 2. The van der Waals surface area contributed by atoms with Crippen molar-refractivity contribution in [2.24, 2.45) is 0 Å². The Hall–Kier alpha value is -2.31. The van der Waals surface area contributed by atoms with E-state index in [2.05, 4.69) is 5.32 Å². The number of amides is 2. The zero-order chi connectivity index (χ0) is 22.5. The number of nitrogens with zero attached hydrogens (tertiary/aromatic N) is 1. The number of hydrogen-bond acceptors (Lipinski definition) is 3. The van der Waals surface area contributed by atoms with E-state index in [-0.39, 0.29) is 19.1 Å². The molecule has 0 bridgehead atoms. The van der Waals surface area contributed by atoms with Gasteiger partial charge in [-0.2, -0.15) is 0 Å². The minimum atomic E-state index is -0.778. The molecular weight excluding hydrogens is 430 g/mol. The van der Waals surface area contributed by atoms with Gasteiger partial charge in [0.25, 0.3) is 5.91 Å². The Morgan fingerprint density at radius 3 is 2.33 bits per heavy atom. The summed E-state index contributed by atoms with van der Waals surface area (Å²) in [4.78, 5) is 27.0. The molecule has 162 valence electrons. The van der Waals surface area contributed by atoms with Crippen LogP contribution in [-0.4, -0.2) is 34.9 Å². The smallest absolute Gasteiger partial charge is 0.261 e. The maximum atomic E-state index is 13.1. The summed E-state index contributed by atoms with van der Waals surface area (Å²) >= 11 is 12.2. The van der Waals surface area contributed by atoms with E-state index >= 15 is 0 Å². The van der Waals surface area contributed by atoms with Crippen molar-refractivity contribution in [3.63, 3.8) is 0 Å². The fourth-order valence-electron chi connectivity index (χ4n) is 2.65. The molecule has 0 spiro atoms. The normalized spacial score (nSPS) is 12.2. The van der Waals surface area contributed by atoms with E-state index in [0.29, 0.717) is 21.4 Å². The molecule has 0 aromatic heterocycles. The second-order valence-corrected chi connectivity index (χ2v) is 8.76. The summed E-state index contributed by atoms with van der Waals surface area (Å²) in [7, 11) is 0. The topological polar surface area (TPSA) is 58.6 Å². The molecule has 30 heavy (non-hydrogen) atoms. The Morgan fingerprint density at radius 2 is 1.77 bits per heavy atom. The van der Waals surface area contributed by atoms with E-state index in [1.165, 1.54) is 29.2 Å². The molecule has 0 aliphatic heterocycles. The van der Waals surface area contributed by atoms with Crippen molar-refractivity contribution in [1.29, 1.82) is 0 Å². The predicted octanol–water partition coefficient (Wildman–Crippen LogP) is 4.84. The fourth-order valence-corrected chi connectivity index (χ4v) is 3.12. The van der Waals surface area contributed by atoms with Crippen LogP contribution in [0.2, 0.25) is 10.0 Å². The molecule has 8 heteroatoms. The van der Waals surface area contributed by atoms with Crippen molar-refractivity contribution in [3.05, 3.63) is 63.9 Å². The third-order valence-corrected chi connectivity index (χ3v) is 4.78. The van der Waals surface area contributed by atoms with Gasteiger partial charge in [0.05, 0.1) is 0 Å². The van der Waals surface area contributed by atoms with Crippen molar-refractivity contribution < 1.29 is 18.7 Å². The molecule has 5 nitrogen and oxygen atoms in total. The summed E-state index contributed by atoms with van der Waals surface area (Å²) in [6, 6.07) is 9.52. The third-order valence-electron chi connectivity index (χ3n) is 4.20. The first kappa shape index (κ1) is 24.0. The fraction of sp³-hybridized carbons (Fsp3) is 0.364. The summed E-state index contributed by atoms with van der Waals surface area (Å²) in [5, 5.41) is 3.74. The number of nitrogens with one attached hydrogen (secondary N) is 1. The molecule has 2 aromatic rings. The average Bonchev–Trinajstić information content (AvgIpc) is 2.65. The lowest BCUT2D eigenvalue weighted by Gasteiger charge is -2.31. The minimum absolute atomic E-state index is 0.0976. The monoisotopic (exact) mass is 454 g/mol. The van der Waals surface area contributed by atoms with Crippen molar-refractivity contribution in [2.45, 2.75) is 45.8 Å². The van der Waals surface area contributed by atoms with Crippen LogP contribution in [0, 0.1) is 5.82 Å². The molecule has 1 N–H and O–H groups in total. The Morgan fingerprint density at radius 1 is 1.13 bits per heavy atom. The van der Waals surface area contributed by atoms with Crippen LogP contribution in [0.15, 0.2) is 42.5 Å². The number of ether oxygens (including phenoxy) is 1. The molecule has 0 saturated carbocycles. The van der Waals surface area contributed by atoms with Gasteiger partial charge in [-0.25, -0.2) is 4.39 Å². The molecule has 0 heterocycles. The molecule has 1 unspecified atom stereocenters. The molecule has 0 fully saturated rings. The highest BCUT2D eigenvalue weighted by Crippen LogP contribution is 2.23. The van der Waals surface area contributed by atoms with E-state index in [1.807, 2.05) is 20.8 Å². The van der Waals surface area contributed by atoms with Gasteiger partial charge in [-0.1, -0.05) is 29.3 Å². The maximum absolute atomic E-state index is 13.1. The van der Waals surface area contributed by atoms with Crippen LogP contribution < -0.4 is 10.1 Å². The average molecular weight is 455 g/mol. The maximum Gasteiger partial charge on any atom is 0.261 e. The van der Waals surface area contributed by atoms with E-state index in [1.54, 1.807) is 25.1 Å². The van der Waals surface area contributed by atoms with Crippen LogP contribution >= 0.6 is 23.2 Å². The summed E-state index contributed by atoms with van der Waals surface area (Å²) in [5.74, 6) is -0.772. The highest BCUT2D eigenvalue weighted by atomic mass is 35.5. The second kappa shape index (κ2) is 10.1. The summed E-state index contributed by atoms with van der Waals surface area (Å²) < 4.78 is 18.5. The number of hydrogen-bond donors (Lipinski definition) is 1. The summed E-state index contributed by atoms with van der Waals surface area (Å²) in [6.07, 6.45) is 0. The zero-order valence-electron chi connectivity index (χ0n) is 17.3. The van der Waals surface area contributed by atoms with Gasteiger partial charge in [-0.3, -0.25) is 9.59 Å². The van der Waals surface area contributed by atoms with Crippen LogP contribution in [0.5, 0.6) is 5.75 Å². The van der Waals surface area contributed by atoms with Crippen LogP contribution in [-0.2, 0) is 16.1 Å². The molecule has 0 radical (unpaired) electrons. The van der Waals surface area contributed by atoms with Gasteiger partial charge < -0.3 is 15.0 Å². The van der Waals surface area contributed by atoms with Crippen LogP contribution in [0.4, 0.5) is 4.39 Å². The molecule has 0 aliphatic rings. The van der Waals surface area contributed by atoms with Crippen molar-refractivity contribution in [2.75, 3.05) is 6.61 Å². The lowest BCUT2D eigenvalue weighted by Crippen LogP contribution is -2.53. The van der Waals surface area contributed by atoms with E-state index in [0.717, 1.165) is 0 Å². The van der Waals surface area contributed by atoms with Crippen LogP contribution in [0.25, 0.3) is 0 Å². The first-order valence-electron chi connectivity index (χ1n) is 9.40. The quantitative estimate of drug-likeness (QED) is 0.650. The Labute approximate surface area is 186 Å². The van der Waals surface area contributed by atoms with Crippen molar-refractivity contribution in [3.8, 4) is 5.75 Å². The molecule has 2 rings (SSSR count). The summed E-state index contributed by atoms with van der Waals surface area (Å²) in [6.45, 7) is 7.00. The van der Waals surface area contributed by atoms with Gasteiger partial charge in [0, 0.05) is 22.1 Å². The van der Waals surface area contributed by atoms with Gasteiger partial charge >= 0.3 is 0 Å². The molecule has 0 aliphatic carbocycles. The van der Waals surface area contributed by atoms with Gasteiger partial charge in [0.2, 0.25) is 5.91 Å². The zero-order valence-corrected chi connectivity index (χ0v) is 18.9. The van der Waals surface area contributed by atoms with Crippen LogP contribution in [0.3, 0.4) is 0 Å².